The highest BCUT2D eigenvalue weighted by molar-refractivity contribution is 5.24. The number of anilines is 1. The van der Waals surface area contributed by atoms with Gasteiger partial charge in [0.2, 0.25) is 5.89 Å². The molecule has 0 aliphatic heterocycles. The van der Waals surface area contributed by atoms with Crippen molar-refractivity contribution in [3.8, 4) is 0 Å². The van der Waals surface area contributed by atoms with Crippen LogP contribution in [0.2, 0.25) is 0 Å². The molecule has 3 atom stereocenters. The van der Waals surface area contributed by atoms with Crippen LogP contribution in [-0.4, -0.2) is 22.8 Å². The van der Waals surface area contributed by atoms with Gasteiger partial charge in [-0.15, -0.1) is 5.10 Å². The Morgan fingerprint density at radius 3 is 2.94 bits per heavy atom. The van der Waals surface area contributed by atoms with Gasteiger partial charge >= 0.3 is 6.01 Å². The summed E-state index contributed by atoms with van der Waals surface area (Å²) in [5.41, 5.74) is 0. The molecule has 3 unspecified atom stereocenters. The number of rotatable bonds is 7. The normalized spacial score (nSPS) is 24.6. The standard InChI is InChI=1S/C12H22N4O/c1-4-6-9-7-10(9)14-12-16-15-11(17-12)8(3)13-5-2/h8-10,13H,4-7H2,1-3H3,(H,14,16). The van der Waals surface area contributed by atoms with Crippen molar-refractivity contribution in [2.45, 2.75) is 52.1 Å². The number of nitrogens with zero attached hydrogens (tertiary/aromatic N) is 2. The van der Waals surface area contributed by atoms with Crippen LogP contribution in [0, 0.1) is 5.92 Å². The predicted molar refractivity (Wildman–Crippen MR) is 66.8 cm³/mol. The number of hydrogen-bond acceptors (Lipinski definition) is 5. The summed E-state index contributed by atoms with van der Waals surface area (Å²) in [6.45, 7) is 7.20. The van der Waals surface area contributed by atoms with Gasteiger partial charge in [-0.2, -0.15) is 0 Å². The first kappa shape index (κ1) is 12.4. The Morgan fingerprint density at radius 1 is 1.41 bits per heavy atom. The number of nitrogens with one attached hydrogen (secondary N) is 2. The average Bonchev–Trinajstić information content (AvgIpc) is 2.86. The van der Waals surface area contributed by atoms with Gasteiger partial charge in [0.05, 0.1) is 6.04 Å². The second-order valence-corrected chi connectivity index (χ2v) is 4.76. The minimum Gasteiger partial charge on any atom is -0.406 e. The molecule has 96 valence electrons. The smallest absolute Gasteiger partial charge is 0.315 e. The summed E-state index contributed by atoms with van der Waals surface area (Å²) in [5.74, 6) is 1.45. The Morgan fingerprint density at radius 2 is 2.24 bits per heavy atom. The van der Waals surface area contributed by atoms with Crippen LogP contribution in [-0.2, 0) is 0 Å². The molecule has 1 aromatic heterocycles. The third-order valence-corrected chi connectivity index (χ3v) is 3.21. The summed E-state index contributed by atoms with van der Waals surface area (Å²) in [5, 5.41) is 14.6. The lowest BCUT2D eigenvalue weighted by Crippen LogP contribution is -2.17. The molecule has 1 heterocycles. The van der Waals surface area contributed by atoms with Crippen molar-refractivity contribution in [3.05, 3.63) is 5.89 Å². The Labute approximate surface area is 102 Å². The molecule has 1 aliphatic carbocycles. The molecule has 0 aromatic carbocycles. The van der Waals surface area contributed by atoms with Crippen LogP contribution in [0.25, 0.3) is 0 Å². The van der Waals surface area contributed by atoms with Crippen LogP contribution < -0.4 is 10.6 Å². The van der Waals surface area contributed by atoms with Gasteiger partial charge in [0.25, 0.3) is 0 Å². The summed E-state index contributed by atoms with van der Waals surface area (Å²) < 4.78 is 5.58. The quantitative estimate of drug-likeness (QED) is 0.763. The molecule has 2 N–H and O–H groups in total. The van der Waals surface area contributed by atoms with Crippen molar-refractivity contribution in [1.29, 1.82) is 0 Å². The highest BCUT2D eigenvalue weighted by Gasteiger charge is 2.37. The van der Waals surface area contributed by atoms with E-state index in [9.17, 15) is 0 Å². The molecule has 1 aromatic rings. The lowest BCUT2D eigenvalue weighted by atomic mass is 10.2. The van der Waals surface area contributed by atoms with E-state index >= 15 is 0 Å². The zero-order valence-corrected chi connectivity index (χ0v) is 10.9. The first-order chi connectivity index (χ1) is 8.24. The van der Waals surface area contributed by atoms with Crippen LogP contribution in [0.4, 0.5) is 6.01 Å². The third-order valence-electron chi connectivity index (χ3n) is 3.21. The molecule has 2 rings (SSSR count). The average molecular weight is 238 g/mol. The maximum absolute atomic E-state index is 5.58. The Bertz CT molecular complexity index is 352. The fraction of sp³-hybridized carbons (Fsp3) is 0.833. The Kier molecular flexibility index (Phi) is 3.99. The van der Waals surface area contributed by atoms with Gasteiger partial charge in [-0.3, -0.25) is 0 Å². The van der Waals surface area contributed by atoms with Crippen LogP contribution in [0.3, 0.4) is 0 Å². The second kappa shape index (κ2) is 5.49. The van der Waals surface area contributed by atoms with E-state index in [1.165, 1.54) is 19.3 Å². The van der Waals surface area contributed by atoms with Crippen molar-refractivity contribution >= 4 is 6.01 Å². The van der Waals surface area contributed by atoms with Gasteiger partial charge in [0.15, 0.2) is 0 Å². The van der Waals surface area contributed by atoms with E-state index in [1.807, 2.05) is 6.92 Å². The van der Waals surface area contributed by atoms with Gasteiger partial charge in [-0.25, -0.2) is 0 Å². The topological polar surface area (TPSA) is 63.0 Å². The Balaban J connectivity index is 1.83. The van der Waals surface area contributed by atoms with Crippen molar-refractivity contribution in [3.63, 3.8) is 0 Å². The van der Waals surface area contributed by atoms with E-state index < -0.39 is 0 Å². The van der Waals surface area contributed by atoms with Gasteiger partial charge in [0, 0.05) is 6.04 Å². The second-order valence-electron chi connectivity index (χ2n) is 4.76. The molecule has 1 fully saturated rings. The molecule has 5 heteroatoms. The molecule has 17 heavy (non-hydrogen) atoms. The van der Waals surface area contributed by atoms with Gasteiger partial charge < -0.3 is 15.1 Å². The van der Waals surface area contributed by atoms with E-state index in [0.29, 0.717) is 17.9 Å². The molecule has 0 spiro atoms. The number of aromatic nitrogens is 2. The zero-order valence-electron chi connectivity index (χ0n) is 10.9. The molecule has 0 amide bonds. The summed E-state index contributed by atoms with van der Waals surface area (Å²) in [7, 11) is 0. The van der Waals surface area contributed by atoms with Crippen LogP contribution in [0.5, 0.6) is 0 Å². The van der Waals surface area contributed by atoms with E-state index in [2.05, 4.69) is 34.7 Å². The van der Waals surface area contributed by atoms with E-state index in [-0.39, 0.29) is 6.04 Å². The van der Waals surface area contributed by atoms with Gasteiger partial charge in [0.1, 0.15) is 0 Å². The van der Waals surface area contributed by atoms with Crippen molar-refractivity contribution < 1.29 is 4.42 Å². The lowest BCUT2D eigenvalue weighted by molar-refractivity contribution is 0.428. The van der Waals surface area contributed by atoms with Crippen LogP contribution >= 0.6 is 0 Å². The highest BCUT2D eigenvalue weighted by atomic mass is 16.4. The van der Waals surface area contributed by atoms with E-state index in [1.54, 1.807) is 0 Å². The molecular weight excluding hydrogens is 216 g/mol. The molecule has 0 saturated heterocycles. The van der Waals surface area contributed by atoms with E-state index in [4.69, 9.17) is 4.42 Å². The van der Waals surface area contributed by atoms with Crippen molar-refractivity contribution in [2.75, 3.05) is 11.9 Å². The Hall–Kier alpha value is -1.10. The van der Waals surface area contributed by atoms with Crippen molar-refractivity contribution in [2.24, 2.45) is 5.92 Å². The fourth-order valence-corrected chi connectivity index (χ4v) is 2.13. The first-order valence-corrected chi connectivity index (χ1v) is 6.57. The molecule has 1 aliphatic rings. The number of hydrogen-bond donors (Lipinski definition) is 2. The monoisotopic (exact) mass is 238 g/mol. The minimum absolute atomic E-state index is 0.119. The molecule has 5 nitrogen and oxygen atoms in total. The highest BCUT2D eigenvalue weighted by Crippen LogP contribution is 2.37. The first-order valence-electron chi connectivity index (χ1n) is 6.57. The zero-order chi connectivity index (χ0) is 12.3. The summed E-state index contributed by atoms with van der Waals surface area (Å²) in [4.78, 5) is 0. The SMILES string of the molecule is CCCC1CC1Nc1nnc(C(C)NCC)o1. The maximum atomic E-state index is 5.58. The molecule has 1 saturated carbocycles. The fourth-order valence-electron chi connectivity index (χ4n) is 2.13. The predicted octanol–water partition coefficient (Wildman–Crippen LogP) is 2.34. The van der Waals surface area contributed by atoms with E-state index in [0.717, 1.165) is 12.5 Å². The largest absolute Gasteiger partial charge is 0.406 e. The third kappa shape index (κ3) is 3.19. The maximum Gasteiger partial charge on any atom is 0.315 e. The van der Waals surface area contributed by atoms with Gasteiger partial charge in [-0.05, 0) is 32.2 Å². The van der Waals surface area contributed by atoms with Gasteiger partial charge in [-0.1, -0.05) is 25.4 Å². The van der Waals surface area contributed by atoms with Crippen molar-refractivity contribution in [1.82, 2.24) is 15.5 Å². The summed E-state index contributed by atoms with van der Waals surface area (Å²) >= 11 is 0. The summed E-state index contributed by atoms with van der Waals surface area (Å²) in [6, 6.07) is 1.22. The minimum atomic E-state index is 0.119. The molecule has 0 radical (unpaired) electrons. The molecule has 0 bridgehead atoms. The molecular formula is C12H22N4O. The lowest BCUT2D eigenvalue weighted by Gasteiger charge is -2.05. The van der Waals surface area contributed by atoms with Crippen LogP contribution in [0.1, 0.15) is 52.0 Å². The summed E-state index contributed by atoms with van der Waals surface area (Å²) in [6.07, 6.45) is 3.76. The van der Waals surface area contributed by atoms with Crippen LogP contribution in [0.15, 0.2) is 4.42 Å².